The number of benzene rings is 1. The maximum Gasteiger partial charge on any atom is 0.224 e. The van der Waals surface area contributed by atoms with E-state index in [1.807, 2.05) is 6.07 Å². The molecule has 0 amide bonds. The topological polar surface area (TPSA) is 71.5 Å². The number of nitrogens with zero attached hydrogens (tertiary/aromatic N) is 1. The van der Waals surface area contributed by atoms with E-state index in [0.717, 1.165) is 12.5 Å². The van der Waals surface area contributed by atoms with Gasteiger partial charge in [0.1, 0.15) is 0 Å². The number of hydrogen-bond donors (Lipinski definition) is 0. The molecule has 1 aromatic carbocycles. The average Bonchev–Trinajstić information content (AvgIpc) is 2.23. The second-order valence-electron chi connectivity index (χ2n) is 3.93. The van der Waals surface area contributed by atoms with Crippen LogP contribution in [0.15, 0.2) is 36.9 Å². The molecule has 0 aliphatic rings. The summed E-state index contributed by atoms with van der Waals surface area (Å²) in [6, 6.07) is 8.83. The summed E-state index contributed by atoms with van der Waals surface area (Å²) in [5.74, 6) is 0. The maximum atomic E-state index is 11.5. The smallest absolute Gasteiger partial charge is 0.212 e. The van der Waals surface area contributed by atoms with Crippen LogP contribution in [0.2, 0.25) is 0 Å². The second kappa shape index (κ2) is 5.21. The van der Waals surface area contributed by atoms with Gasteiger partial charge in [-0.05, 0) is 11.1 Å². The molecule has 100 valence electrons. The van der Waals surface area contributed by atoms with Crippen LogP contribution >= 0.6 is 0 Å². The van der Waals surface area contributed by atoms with E-state index in [1.54, 1.807) is 24.3 Å². The number of sulfonamides is 2. The fraction of sp³-hybridized carbons (Fsp3) is 0.273. The Morgan fingerprint density at radius 1 is 1.06 bits per heavy atom. The summed E-state index contributed by atoms with van der Waals surface area (Å²) in [6.07, 6.45) is 1.71. The second-order valence-corrected chi connectivity index (χ2v) is 7.97. The number of rotatable bonds is 5. The lowest BCUT2D eigenvalue weighted by Crippen LogP contribution is -2.36. The van der Waals surface area contributed by atoms with Crippen molar-refractivity contribution in [2.24, 2.45) is 0 Å². The molecule has 1 rings (SSSR count). The van der Waals surface area contributed by atoms with E-state index in [1.165, 1.54) is 0 Å². The largest absolute Gasteiger partial charge is 0.224 e. The van der Waals surface area contributed by atoms with E-state index in [-0.39, 0.29) is 6.54 Å². The highest BCUT2D eigenvalue weighted by Gasteiger charge is 2.27. The lowest BCUT2D eigenvalue weighted by molar-refractivity contribution is 0.524. The van der Waals surface area contributed by atoms with Crippen LogP contribution in [0.25, 0.3) is 5.57 Å². The Balaban J connectivity index is 3.05. The first-order chi connectivity index (χ1) is 8.12. The third kappa shape index (κ3) is 3.94. The van der Waals surface area contributed by atoms with Gasteiger partial charge >= 0.3 is 0 Å². The summed E-state index contributed by atoms with van der Waals surface area (Å²) >= 11 is 0. The predicted octanol–water partition coefficient (Wildman–Crippen LogP) is 0.921. The highest BCUT2D eigenvalue weighted by molar-refractivity contribution is 8.03. The minimum Gasteiger partial charge on any atom is -0.212 e. The molecule has 0 saturated carbocycles. The van der Waals surface area contributed by atoms with Gasteiger partial charge in [0.15, 0.2) is 0 Å². The zero-order chi connectivity index (χ0) is 14.0. The summed E-state index contributed by atoms with van der Waals surface area (Å²) in [6.45, 7) is 3.45. The Labute approximate surface area is 108 Å². The molecule has 0 aliphatic heterocycles. The van der Waals surface area contributed by atoms with E-state index in [4.69, 9.17) is 0 Å². The Bertz CT molecular complexity index is 601. The number of hydrogen-bond acceptors (Lipinski definition) is 4. The minimum absolute atomic E-state index is 0.276. The Morgan fingerprint density at radius 2 is 1.50 bits per heavy atom. The van der Waals surface area contributed by atoms with Gasteiger partial charge < -0.3 is 0 Å². The first-order valence-corrected chi connectivity index (χ1v) is 8.73. The van der Waals surface area contributed by atoms with Gasteiger partial charge in [0.25, 0.3) is 0 Å². The highest BCUT2D eigenvalue weighted by atomic mass is 32.3. The van der Waals surface area contributed by atoms with Crippen LogP contribution in [-0.2, 0) is 20.0 Å². The van der Waals surface area contributed by atoms with Gasteiger partial charge in [-0.15, -0.1) is 0 Å². The van der Waals surface area contributed by atoms with E-state index in [0.29, 0.717) is 14.8 Å². The molecule has 0 saturated heterocycles. The molecule has 0 N–H and O–H groups in total. The first-order valence-electron chi connectivity index (χ1n) is 5.03. The van der Waals surface area contributed by atoms with E-state index < -0.39 is 20.0 Å². The third-order valence-corrected chi connectivity index (χ3v) is 5.60. The van der Waals surface area contributed by atoms with Crippen LogP contribution in [0.1, 0.15) is 5.56 Å². The standard InChI is InChI=1S/C11H15NO4S2/c1-10(11-7-5-4-6-8-11)9-12(17(2,13)14)18(3,15)16/h4-8H,1,9H2,2-3H3. The van der Waals surface area contributed by atoms with Crippen molar-refractivity contribution >= 4 is 25.6 Å². The zero-order valence-corrected chi connectivity index (χ0v) is 11.8. The first kappa shape index (κ1) is 14.9. The van der Waals surface area contributed by atoms with Crippen LogP contribution in [0, 0.1) is 0 Å². The Morgan fingerprint density at radius 3 is 1.89 bits per heavy atom. The van der Waals surface area contributed by atoms with Gasteiger partial charge in [0.2, 0.25) is 20.0 Å². The van der Waals surface area contributed by atoms with Gasteiger partial charge in [0.05, 0.1) is 19.1 Å². The SMILES string of the molecule is C=C(CN(S(C)(=O)=O)S(C)(=O)=O)c1ccccc1. The van der Waals surface area contributed by atoms with Crippen LogP contribution in [0.5, 0.6) is 0 Å². The molecule has 18 heavy (non-hydrogen) atoms. The molecule has 0 spiro atoms. The Kier molecular flexibility index (Phi) is 4.31. The van der Waals surface area contributed by atoms with Crippen molar-refractivity contribution in [1.82, 2.24) is 3.71 Å². The van der Waals surface area contributed by atoms with Crippen molar-refractivity contribution in [3.8, 4) is 0 Å². The van der Waals surface area contributed by atoms with Gasteiger partial charge in [-0.25, -0.2) is 16.8 Å². The van der Waals surface area contributed by atoms with Crippen LogP contribution in [0.3, 0.4) is 0 Å². The van der Waals surface area contributed by atoms with Crippen molar-refractivity contribution in [1.29, 1.82) is 0 Å². The lowest BCUT2D eigenvalue weighted by Gasteiger charge is -2.18. The molecule has 5 nitrogen and oxygen atoms in total. The normalized spacial score (nSPS) is 12.6. The minimum atomic E-state index is -3.84. The highest BCUT2D eigenvalue weighted by Crippen LogP contribution is 2.16. The van der Waals surface area contributed by atoms with Crippen LogP contribution in [0.4, 0.5) is 0 Å². The van der Waals surface area contributed by atoms with Gasteiger partial charge in [-0.2, -0.15) is 0 Å². The third-order valence-electron chi connectivity index (χ3n) is 2.24. The fourth-order valence-corrected chi connectivity index (χ4v) is 4.15. The van der Waals surface area contributed by atoms with E-state index in [9.17, 15) is 16.8 Å². The van der Waals surface area contributed by atoms with Crippen molar-refractivity contribution in [2.45, 2.75) is 0 Å². The molecule has 0 unspecified atom stereocenters. The molecule has 0 aromatic heterocycles. The molecular formula is C11H15NO4S2. The van der Waals surface area contributed by atoms with Crippen molar-refractivity contribution in [3.63, 3.8) is 0 Å². The van der Waals surface area contributed by atoms with Crippen molar-refractivity contribution in [2.75, 3.05) is 19.1 Å². The molecule has 0 atom stereocenters. The van der Waals surface area contributed by atoms with E-state index >= 15 is 0 Å². The van der Waals surface area contributed by atoms with Crippen molar-refractivity contribution in [3.05, 3.63) is 42.5 Å². The van der Waals surface area contributed by atoms with Gasteiger partial charge in [0, 0.05) is 0 Å². The molecule has 7 heteroatoms. The average molecular weight is 289 g/mol. The quantitative estimate of drug-likeness (QED) is 0.808. The molecule has 0 fully saturated rings. The molecular weight excluding hydrogens is 274 g/mol. The monoisotopic (exact) mass is 289 g/mol. The van der Waals surface area contributed by atoms with Crippen LogP contribution < -0.4 is 0 Å². The zero-order valence-electron chi connectivity index (χ0n) is 10.2. The summed E-state index contributed by atoms with van der Waals surface area (Å²) in [5.41, 5.74) is 1.13. The molecule has 1 aromatic rings. The fourth-order valence-electron chi connectivity index (χ4n) is 1.40. The maximum absolute atomic E-state index is 11.5. The molecule has 0 heterocycles. The molecule has 0 bridgehead atoms. The van der Waals surface area contributed by atoms with E-state index in [2.05, 4.69) is 6.58 Å². The van der Waals surface area contributed by atoms with Gasteiger partial charge in [-0.1, -0.05) is 40.6 Å². The summed E-state index contributed by atoms with van der Waals surface area (Å²) in [5, 5.41) is 0. The Hall–Kier alpha value is -1.18. The summed E-state index contributed by atoms with van der Waals surface area (Å²) < 4.78 is 46.2. The lowest BCUT2D eigenvalue weighted by atomic mass is 10.1. The molecule has 0 aliphatic carbocycles. The van der Waals surface area contributed by atoms with Gasteiger partial charge in [-0.3, -0.25) is 0 Å². The van der Waals surface area contributed by atoms with Crippen LogP contribution in [-0.4, -0.2) is 39.6 Å². The summed E-state index contributed by atoms with van der Waals surface area (Å²) in [7, 11) is -7.68. The van der Waals surface area contributed by atoms with Crippen molar-refractivity contribution < 1.29 is 16.8 Å². The summed E-state index contributed by atoms with van der Waals surface area (Å²) in [4.78, 5) is 0. The predicted molar refractivity (Wildman–Crippen MR) is 71.9 cm³/mol. The molecule has 0 radical (unpaired) electrons.